The molecular weight excluding hydrogens is 512 g/mol. The maximum Gasteiger partial charge on any atom is 0.254 e. The van der Waals surface area contributed by atoms with E-state index in [1.54, 1.807) is 6.20 Å². The molecular formula is C30H37ClN6O2. The lowest BCUT2D eigenvalue weighted by molar-refractivity contribution is -0.129. The Balaban J connectivity index is 0.00000441. The van der Waals surface area contributed by atoms with Crippen molar-refractivity contribution in [1.82, 2.24) is 15.2 Å². The number of fused-ring (bicyclic) bond motifs is 1. The number of likely N-dealkylation sites (tertiary alicyclic amines) is 1. The second-order valence-corrected chi connectivity index (χ2v) is 10.6. The van der Waals surface area contributed by atoms with Crippen molar-refractivity contribution in [3.05, 3.63) is 81.1 Å². The number of nitrogens with zero attached hydrogens (tertiary/aromatic N) is 3. The number of hydrogen-bond donors (Lipinski definition) is 3. The summed E-state index contributed by atoms with van der Waals surface area (Å²) < 4.78 is 0. The van der Waals surface area contributed by atoms with E-state index in [4.69, 9.17) is 23.1 Å². The first-order chi connectivity index (χ1) is 18.7. The number of nitrogens with one attached hydrogen (secondary N) is 1. The summed E-state index contributed by atoms with van der Waals surface area (Å²) in [6, 6.07) is 9.50. The number of carbonyl (C=O) groups is 2. The minimum atomic E-state index is -0.322. The summed E-state index contributed by atoms with van der Waals surface area (Å²) in [5.41, 5.74) is 16.8. The number of hydrogen-bond acceptors (Lipinski definition) is 6. The number of halogens is 1. The third kappa shape index (κ3) is 6.57. The summed E-state index contributed by atoms with van der Waals surface area (Å²) >= 11 is 6.47. The number of pyridine rings is 1. The number of rotatable bonds is 8. The maximum atomic E-state index is 12.8. The number of amides is 2. The molecule has 4 rings (SSSR count). The molecule has 1 saturated heterocycles. The quantitative estimate of drug-likeness (QED) is 0.283. The third-order valence-corrected chi connectivity index (χ3v) is 7.67. The number of nitrogen functional groups attached to an aromatic ring is 1. The summed E-state index contributed by atoms with van der Waals surface area (Å²) in [6.07, 6.45) is 5.72. The fourth-order valence-electron chi connectivity index (χ4n) is 4.97. The zero-order chi connectivity index (χ0) is 28.1. The van der Waals surface area contributed by atoms with Crippen LogP contribution in [0.1, 0.15) is 42.6 Å². The molecule has 2 amide bonds. The van der Waals surface area contributed by atoms with Crippen LogP contribution in [0.2, 0.25) is 5.02 Å². The van der Waals surface area contributed by atoms with Gasteiger partial charge >= 0.3 is 0 Å². The molecule has 2 heterocycles. The lowest BCUT2D eigenvalue weighted by atomic mass is 9.96. The molecule has 1 aliphatic rings. The summed E-state index contributed by atoms with van der Waals surface area (Å²) in [5.74, 6) is 0.812. The fraction of sp³-hybridized carbons (Fsp3) is 0.333. The van der Waals surface area contributed by atoms with Crippen LogP contribution in [0.3, 0.4) is 0 Å². The van der Waals surface area contributed by atoms with Crippen molar-refractivity contribution in [1.29, 1.82) is 0 Å². The van der Waals surface area contributed by atoms with Crippen molar-refractivity contribution in [2.75, 3.05) is 18.8 Å². The molecule has 0 aliphatic carbocycles. The van der Waals surface area contributed by atoms with Crippen LogP contribution in [-0.4, -0.2) is 41.0 Å². The van der Waals surface area contributed by atoms with E-state index in [1.807, 2.05) is 49.1 Å². The van der Waals surface area contributed by atoms with E-state index in [9.17, 15) is 9.59 Å². The van der Waals surface area contributed by atoms with Crippen LogP contribution in [0, 0.1) is 19.8 Å². The Bertz CT molecular complexity index is 1470. The smallest absolute Gasteiger partial charge is 0.254 e. The molecule has 0 saturated carbocycles. The van der Waals surface area contributed by atoms with Gasteiger partial charge in [-0.1, -0.05) is 30.7 Å². The zero-order valence-electron chi connectivity index (χ0n) is 22.6. The molecule has 2 aromatic carbocycles. The third-order valence-electron chi connectivity index (χ3n) is 7.32. The van der Waals surface area contributed by atoms with E-state index in [1.165, 1.54) is 12.4 Å². The van der Waals surface area contributed by atoms with E-state index in [0.717, 1.165) is 58.1 Å². The van der Waals surface area contributed by atoms with Crippen LogP contribution >= 0.6 is 11.6 Å². The Morgan fingerprint density at radius 1 is 1.26 bits per heavy atom. The summed E-state index contributed by atoms with van der Waals surface area (Å²) in [4.78, 5) is 35.9. The number of benzene rings is 2. The van der Waals surface area contributed by atoms with Crippen molar-refractivity contribution in [2.24, 2.45) is 16.6 Å². The van der Waals surface area contributed by atoms with Crippen LogP contribution in [0.4, 0.5) is 5.82 Å². The van der Waals surface area contributed by atoms with Gasteiger partial charge in [0.1, 0.15) is 5.82 Å². The number of aromatic nitrogens is 1. The highest BCUT2D eigenvalue weighted by molar-refractivity contribution is 6.31. The fourth-order valence-corrected chi connectivity index (χ4v) is 5.24. The van der Waals surface area contributed by atoms with E-state index < -0.39 is 0 Å². The molecule has 3 aromatic rings. The Kier molecular flexibility index (Phi) is 8.86. The largest absolute Gasteiger partial charge is 0.404 e. The van der Waals surface area contributed by atoms with Gasteiger partial charge in [0.15, 0.2) is 0 Å². The summed E-state index contributed by atoms with van der Waals surface area (Å²) in [5, 5.41) is 5.38. The molecule has 9 heteroatoms. The van der Waals surface area contributed by atoms with Gasteiger partial charge in [0.2, 0.25) is 5.91 Å². The van der Waals surface area contributed by atoms with Crippen LogP contribution in [-0.2, 0) is 29.1 Å². The molecule has 8 nitrogen and oxygen atoms in total. The second kappa shape index (κ2) is 12.3. The summed E-state index contributed by atoms with van der Waals surface area (Å²) in [6.45, 7) is 8.43. The second-order valence-electron chi connectivity index (χ2n) is 10.2. The average Bonchev–Trinajstić information content (AvgIpc) is 3.35. The number of aliphatic imine (C=N–C) groups is 1. The Hall–Kier alpha value is -3.91. The Morgan fingerprint density at radius 3 is 2.74 bits per heavy atom. The van der Waals surface area contributed by atoms with Gasteiger partial charge in [0.05, 0.1) is 18.5 Å². The lowest BCUT2D eigenvalue weighted by Crippen LogP contribution is -2.29. The molecule has 0 spiro atoms. The summed E-state index contributed by atoms with van der Waals surface area (Å²) in [7, 11) is 0. The van der Waals surface area contributed by atoms with Gasteiger partial charge in [0, 0.05) is 50.1 Å². The molecule has 1 aromatic heterocycles. The predicted molar refractivity (Wildman–Crippen MR) is 160 cm³/mol. The number of carbonyl (C=O) groups excluding carboxylic acids is 2. The molecule has 0 radical (unpaired) electrons. The Morgan fingerprint density at radius 2 is 2.05 bits per heavy atom. The molecule has 1 aliphatic heterocycles. The zero-order valence-corrected chi connectivity index (χ0v) is 23.4. The molecule has 39 heavy (non-hydrogen) atoms. The van der Waals surface area contributed by atoms with Gasteiger partial charge < -0.3 is 21.7 Å². The molecule has 1 unspecified atom stereocenters. The van der Waals surface area contributed by atoms with E-state index in [-0.39, 0.29) is 25.2 Å². The van der Waals surface area contributed by atoms with Crippen molar-refractivity contribution in [2.45, 2.75) is 46.7 Å². The van der Waals surface area contributed by atoms with Crippen molar-refractivity contribution in [3.8, 4) is 0 Å². The number of anilines is 1. The number of nitrogens with two attached hydrogens (primary N) is 2. The van der Waals surface area contributed by atoms with E-state index in [0.29, 0.717) is 29.8 Å². The standard InChI is InChI=1S/C30H35ClN6O2.H2/c1-18-7-9-37(17-18)28(38)12-22-5-4-21(11-27(22)31)14-34-15-23(13-32)30(39)36-16-26-19(2)10-25-24(20(26)3)6-8-35-29(25)33;/h4-6,8,10-11,13,15,18H,7,9,12,14,16-17,32H2,1-3H3,(H2,33,35)(H,36,39);1H/b23-13+,34-15?;. The first kappa shape index (κ1) is 28.1. The van der Waals surface area contributed by atoms with Crippen LogP contribution < -0.4 is 16.8 Å². The normalized spacial score (nSPS) is 15.8. The molecule has 1 atom stereocenters. The molecule has 0 bridgehead atoms. The van der Waals surface area contributed by atoms with Gasteiger partial charge in [-0.3, -0.25) is 14.6 Å². The van der Waals surface area contributed by atoms with Crippen LogP contribution in [0.15, 0.2) is 53.3 Å². The van der Waals surface area contributed by atoms with E-state index >= 15 is 0 Å². The average molecular weight is 549 g/mol. The maximum absolute atomic E-state index is 12.8. The first-order valence-electron chi connectivity index (χ1n) is 13.1. The molecule has 5 N–H and O–H groups in total. The van der Waals surface area contributed by atoms with Crippen LogP contribution in [0.25, 0.3) is 10.8 Å². The highest BCUT2D eigenvalue weighted by atomic mass is 35.5. The topological polar surface area (TPSA) is 127 Å². The minimum absolute atomic E-state index is 0. The van der Waals surface area contributed by atoms with E-state index in [2.05, 4.69) is 22.2 Å². The van der Waals surface area contributed by atoms with Gasteiger partial charge in [-0.15, -0.1) is 0 Å². The minimum Gasteiger partial charge on any atom is -0.404 e. The first-order valence-corrected chi connectivity index (χ1v) is 13.4. The highest BCUT2D eigenvalue weighted by Gasteiger charge is 2.23. The molecule has 206 valence electrons. The van der Waals surface area contributed by atoms with Gasteiger partial charge in [0.25, 0.3) is 5.91 Å². The SMILES string of the molecule is Cc1cc2c(N)nccc2c(C)c1CNC(=O)/C(C=NCc1ccc(CC(=O)N2CCC(C)C2)c(Cl)c1)=C/N.[HH]. The van der Waals surface area contributed by atoms with Crippen LogP contribution in [0.5, 0.6) is 0 Å². The van der Waals surface area contributed by atoms with Gasteiger partial charge in [-0.2, -0.15) is 0 Å². The van der Waals surface area contributed by atoms with Crippen molar-refractivity contribution >= 4 is 46.2 Å². The highest BCUT2D eigenvalue weighted by Crippen LogP contribution is 2.28. The lowest BCUT2D eigenvalue weighted by Gasteiger charge is -2.16. The van der Waals surface area contributed by atoms with Gasteiger partial charge in [-0.25, -0.2) is 4.98 Å². The number of aryl methyl sites for hydroxylation is 2. The van der Waals surface area contributed by atoms with Gasteiger partial charge in [-0.05, 0) is 77.6 Å². The molecule has 1 fully saturated rings. The monoisotopic (exact) mass is 548 g/mol. The predicted octanol–water partition coefficient (Wildman–Crippen LogP) is 4.47. The van der Waals surface area contributed by atoms with Crippen molar-refractivity contribution < 1.29 is 11.0 Å². The Labute approximate surface area is 235 Å². The van der Waals surface area contributed by atoms with Crippen molar-refractivity contribution in [3.63, 3.8) is 0 Å².